The number of para-hydroxylation sites is 1. The van der Waals surface area contributed by atoms with Crippen LogP contribution in [0.1, 0.15) is 42.7 Å². The van der Waals surface area contributed by atoms with Crippen LogP contribution in [0.25, 0.3) is 11.0 Å². The lowest BCUT2D eigenvalue weighted by Crippen LogP contribution is -2.46. The van der Waals surface area contributed by atoms with Crippen LogP contribution in [-0.2, 0) is 9.84 Å². The molecule has 1 aliphatic carbocycles. The summed E-state index contributed by atoms with van der Waals surface area (Å²) in [6, 6.07) is 9.20. The summed E-state index contributed by atoms with van der Waals surface area (Å²) in [5.74, 6) is 0.400. The van der Waals surface area contributed by atoms with Gasteiger partial charge in [-0.1, -0.05) is 31.0 Å². The van der Waals surface area contributed by atoms with E-state index in [9.17, 15) is 13.2 Å². The fourth-order valence-corrected chi connectivity index (χ4v) is 5.73. The average Bonchev–Trinajstić information content (AvgIpc) is 3.27. The summed E-state index contributed by atoms with van der Waals surface area (Å²) < 4.78 is 29.5. The monoisotopic (exact) mass is 347 g/mol. The van der Waals surface area contributed by atoms with Gasteiger partial charge in [-0.15, -0.1) is 0 Å². The normalized spacial score (nSPS) is 23.8. The van der Waals surface area contributed by atoms with Gasteiger partial charge >= 0.3 is 0 Å². The van der Waals surface area contributed by atoms with E-state index in [-0.39, 0.29) is 29.5 Å². The number of carbonyl (C=O) groups excluding carboxylic acids is 1. The van der Waals surface area contributed by atoms with Crippen LogP contribution < -0.4 is 0 Å². The van der Waals surface area contributed by atoms with Crippen molar-refractivity contribution in [2.45, 2.75) is 44.2 Å². The van der Waals surface area contributed by atoms with Crippen molar-refractivity contribution in [1.29, 1.82) is 0 Å². The first-order chi connectivity index (χ1) is 11.5. The Labute approximate surface area is 141 Å². The highest BCUT2D eigenvalue weighted by molar-refractivity contribution is 7.91. The lowest BCUT2D eigenvalue weighted by Gasteiger charge is -2.33. The fourth-order valence-electron chi connectivity index (χ4n) is 4.02. The fraction of sp³-hybridized carbons (Fsp3) is 0.500. The molecule has 6 heteroatoms. The third-order valence-corrected chi connectivity index (χ3v) is 6.94. The van der Waals surface area contributed by atoms with Gasteiger partial charge < -0.3 is 9.32 Å². The summed E-state index contributed by atoms with van der Waals surface area (Å²) in [6.45, 7) is 0. The number of furan rings is 1. The Kier molecular flexibility index (Phi) is 3.87. The van der Waals surface area contributed by atoms with Gasteiger partial charge in [0.05, 0.1) is 11.5 Å². The molecular formula is C18H21NO4S. The zero-order chi connectivity index (χ0) is 16.7. The van der Waals surface area contributed by atoms with Crippen LogP contribution in [0.3, 0.4) is 0 Å². The summed E-state index contributed by atoms with van der Waals surface area (Å²) in [7, 11) is -3.03. The van der Waals surface area contributed by atoms with Gasteiger partial charge in [0, 0.05) is 17.5 Å². The van der Waals surface area contributed by atoms with E-state index in [1.165, 1.54) is 0 Å². The van der Waals surface area contributed by atoms with E-state index >= 15 is 0 Å². The molecule has 2 fully saturated rings. The predicted molar refractivity (Wildman–Crippen MR) is 91.7 cm³/mol. The van der Waals surface area contributed by atoms with Gasteiger partial charge in [-0.25, -0.2) is 8.42 Å². The minimum absolute atomic E-state index is 0.0788. The van der Waals surface area contributed by atoms with E-state index in [2.05, 4.69) is 0 Å². The number of amides is 1. The third kappa shape index (κ3) is 2.83. The Morgan fingerprint density at radius 1 is 1.08 bits per heavy atom. The number of hydrogen-bond acceptors (Lipinski definition) is 4. The molecule has 2 heterocycles. The van der Waals surface area contributed by atoms with Gasteiger partial charge in [0.2, 0.25) is 0 Å². The van der Waals surface area contributed by atoms with Gasteiger partial charge in [0.1, 0.15) is 5.58 Å². The van der Waals surface area contributed by atoms with E-state index in [1.54, 1.807) is 6.07 Å². The molecule has 0 unspecified atom stereocenters. The molecule has 1 atom stereocenters. The lowest BCUT2D eigenvalue weighted by molar-refractivity contribution is 0.0571. The largest absolute Gasteiger partial charge is 0.451 e. The molecule has 0 radical (unpaired) electrons. The van der Waals surface area contributed by atoms with E-state index in [1.807, 2.05) is 29.2 Å². The molecule has 0 spiro atoms. The maximum absolute atomic E-state index is 13.1. The second kappa shape index (κ2) is 5.92. The molecular weight excluding hydrogens is 326 g/mol. The molecule has 1 aromatic heterocycles. The van der Waals surface area contributed by atoms with E-state index in [4.69, 9.17) is 4.42 Å². The minimum atomic E-state index is -3.03. The number of benzene rings is 1. The lowest BCUT2D eigenvalue weighted by atomic mass is 10.1. The van der Waals surface area contributed by atoms with E-state index in [0.29, 0.717) is 17.8 Å². The third-order valence-electron chi connectivity index (χ3n) is 5.19. The second-order valence-corrected chi connectivity index (χ2v) is 9.08. The van der Waals surface area contributed by atoms with Gasteiger partial charge in [-0.05, 0) is 31.4 Å². The van der Waals surface area contributed by atoms with Crippen molar-refractivity contribution >= 4 is 26.7 Å². The second-order valence-electron chi connectivity index (χ2n) is 6.86. The van der Waals surface area contributed by atoms with Crippen LogP contribution in [0.4, 0.5) is 0 Å². The molecule has 24 heavy (non-hydrogen) atoms. The van der Waals surface area contributed by atoms with Crippen molar-refractivity contribution in [3.05, 3.63) is 36.1 Å². The molecule has 5 nitrogen and oxygen atoms in total. The van der Waals surface area contributed by atoms with Crippen LogP contribution >= 0.6 is 0 Å². The highest BCUT2D eigenvalue weighted by Crippen LogP contribution is 2.31. The number of carbonyl (C=O) groups is 1. The SMILES string of the molecule is O=C(c1cc2ccccc2o1)N(C1CCCC1)[C@@H]1CCS(=O)(=O)C1. The van der Waals surface area contributed by atoms with Crippen molar-refractivity contribution < 1.29 is 17.6 Å². The Hall–Kier alpha value is -1.82. The molecule has 1 amide bonds. The quantitative estimate of drug-likeness (QED) is 0.856. The summed E-state index contributed by atoms with van der Waals surface area (Å²) in [5.41, 5.74) is 0.686. The van der Waals surface area contributed by atoms with Gasteiger partial charge in [-0.2, -0.15) is 0 Å². The number of rotatable bonds is 3. The minimum Gasteiger partial charge on any atom is -0.451 e. The van der Waals surface area contributed by atoms with Gasteiger partial charge in [-0.3, -0.25) is 4.79 Å². The van der Waals surface area contributed by atoms with E-state index < -0.39 is 9.84 Å². The van der Waals surface area contributed by atoms with Crippen molar-refractivity contribution in [3.63, 3.8) is 0 Å². The number of hydrogen-bond donors (Lipinski definition) is 0. The van der Waals surface area contributed by atoms with Crippen molar-refractivity contribution in [2.24, 2.45) is 0 Å². The maximum Gasteiger partial charge on any atom is 0.290 e. The summed E-state index contributed by atoms with van der Waals surface area (Å²) in [6.07, 6.45) is 4.61. The molecule has 1 aromatic carbocycles. The molecule has 4 rings (SSSR count). The van der Waals surface area contributed by atoms with E-state index in [0.717, 1.165) is 31.1 Å². The molecule has 1 aliphatic heterocycles. The summed E-state index contributed by atoms with van der Waals surface area (Å²) >= 11 is 0. The Morgan fingerprint density at radius 2 is 1.83 bits per heavy atom. The topological polar surface area (TPSA) is 67.6 Å². The summed E-state index contributed by atoms with van der Waals surface area (Å²) in [4.78, 5) is 15.0. The molecule has 0 bridgehead atoms. The highest BCUT2D eigenvalue weighted by atomic mass is 32.2. The molecule has 128 valence electrons. The van der Waals surface area contributed by atoms with Crippen LogP contribution in [0.5, 0.6) is 0 Å². The van der Waals surface area contributed by atoms with Crippen LogP contribution in [0.2, 0.25) is 0 Å². The first-order valence-corrected chi connectivity index (χ1v) is 10.4. The molecule has 1 saturated heterocycles. The van der Waals surface area contributed by atoms with Gasteiger partial charge in [0.25, 0.3) is 5.91 Å². The number of fused-ring (bicyclic) bond motifs is 1. The van der Waals surface area contributed by atoms with Crippen LogP contribution in [-0.4, -0.2) is 42.8 Å². The van der Waals surface area contributed by atoms with Crippen LogP contribution in [0.15, 0.2) is 34.7 Å². The predicted octanol–water partition coefficient (Wildman–Crippen LogP) is 3.00. The Bertz CT molecular complexity index is 831. The molecule has 1 saturated carbocycles. The summed E-state index contributed by atoms with van der Waals surface area (Å²) in [5, 5.41) is 0.895. The maximum atomic E-state index is 13.1. The average molecular weight is 347 g/mol. The number of sulfone groups is 1. The van der Waals surface area contributed by atoms with Gasteiger partial charge in [0.15, 0.2) is 15.6 Å². The zero-order valence-electron chi connectivity index (χ0n) is 13.5. The molecule has 0 N–H and O–H groups in total. The smallest absolute Gasteiger partial charge is 0.290 e. The Balaban J connectivity index is 1.68. The van der Waals surface area contributed by atoms with Crippen molar-refractivity contribution in [2.75, 3.05) is 11.5 Å². The van der Waals surface area contributed by atoms with Crippen molar-refractivity contribution in [3.8, 4) is 0 Å². The van der Waals surface area contributed by atoms with Crippen LogP contribution in [0, 0.1) is 0 Å². The molecule has 2 aliphatic rings. The zero-order valence-corrected chi connectivity index (χ0v) is 14.3. The first-order valence-electron chi connectivity index (χ1n) is 8.55. The van der Waals surface area contributed by atoms with Crippen molar-refractivity contribution in [1.82, 2.24) is 4.90 Å². The Morgan fingerprint density at radius 3 is 2.50 bits per heavy atom. The first kappa shape index (κ1) is 15.7. The highest BCUT2D eigenvalue weighted by Gasteiger charge is 2.40. The molecule has 2 aromatic rings. The number of nitrogens with zero attached hydrogens (tertiary/aromatic N) is 1. The standard InChI is InChI=1S/C18H21NO4S/c20-18(17-11-13-5-1-4-8-16(13)23-17)19(14-6-2-3-7-14)15-9-10-24(21,22)12-15/h1,4-5,8,11,14-15H,2-3,6-7,9-10,12H2/t15-/m1/s1.